The molecule has 0 aliphatic carbocycles. The van der Waals surface area contributed by atoms with Crippen molar-refractivity contribution in [2.45, 2.75) is 90.4 Å². The zero-order valence-corrected chi connectivity index (χ0v) is 25.1. The molecule has 0 spiro atoms. The normalized spacial score (nSPS) is 18.4. The standard InChI is InChI=1S/C20H46O2S4Si2/c1-9-11-13-27(21-7)19(5)17(3)15-23-25-26-24-16-18(4)20(6)28(22-8)14-12-10-2/h17-20,27-28H,9-16H2,1-8H3. The Hall–Kier alpha value is 1.75. The average Bonchev–Trinajstić information content (AvgIpc) is 2.70. The van der Waals surface area contributed by atoms with Gasteiger partial charge >= 0.3 is 0 Å². The smallest absolute Gasteiger partial charge is 0.179 e. The first-order valence-electron chi connectivity index (χ1n) is 11.1. The van der Waals surface area contributed by atoms with E-state index in [1.165, 1.54) is 49.3 Å². The maximum Gasteiger partial charge on any atom is 0.179 e. The van der Waals surface area contributed by atoms with Crippen molar-refractivity contribution in [1.82, 2.24) is 0 Å². The Bertz CT molecular complexity index is 324. The van der Waals surface area contributed by atoms with E-state index in [4.69, 9.17) is 8.85 Å². The van der Waals surface area contributed by atoms with Crippen molar-refractivity contribution in [2.24, 2.45) is 11.8 Å². The molecule has 0 aromatic heterocycles. The Morgan fingerprint density at radius 2 is 1.04 bits per heavy atom. The monoisotopic (exact) mass is 502 g/mol. The van der Waals surface area contributed by atoms with Gasteiger partial charge in [-0.25, -0.2) is 0 Å². The van der Waals surface area contributed by atoms with Gasteiger partial charge in [-0.2, -0.15) is 0 Å². The highest BCUT2D eigenvalue weighted by molar-refractivity contribution is 9.26. The number of hydrogen-bond acceptors (Lipinski definition) is 6. The van der Waals surface area contributed by atoms with Crippen LogP contribution in [0.25, 0.3) is 0 Å². The van der Waals surface area contributed by atoms with Gasteiger partial charge in [-0.1, -0.05) is 88.8 Å². The van der Waals surface area contributed by atoms with Gasteiger partial charge in [0.15, 0.2) is 18.1 Å². The molecule has 6 atom stereocenters. The van der Waals surface area contributed by atoms with Gasteiger partial charge < -0.3 is 8.85 Å². The molecule has 0 rings (SSSR count). The van der Waals surface area contributed by atoms with E-state index in [2.05, 4.69) is 41.5 Å². The van der Waals surface area contributed by atoms with Crippen molar-refractivity contribution in [3.63, 3.8) is 0 Å². The molecule has 170 valence electrons. The third kappa shape index (κ3) is 13.2. The Morgan fingerprint density at radius 3 is 1.32 bits per heavy atom. The number of unbranched alkanes of at least 4 members (excludes halogenated alkanes) is 2. The first-order valence-corrected chi connectivity index (χ1v) is 20.1. The van der Waals surface area contributed by atoms with Crippen LogP contribution in [0.1, 0.15) is 67.2 Å². The second-order valence-electron chi connectivity index (χ2n) is 8.21. The molecule has 0 aromatic rings. The second-order valence-corrected chi connectivity index (χ2v) is 20.7. The molecule has 0 fully saturated rings. The summed E-state index contributed by atoms with van der Waals surface area (Å²) in [5.74, 6) is 3.98. The van der Waals surface area contributed by atoms with Crippen molar-refractivity contribution in [2.75, 3.05) is 25.7 Å². The quantitative estimate of drug-likeness (QED) is 0.100. The van der Waals surface area contributed by atoms with E-state index in [9.17, 15) is 0 Å². The molecule has 8 heteroatoms. The number of rotatable bonds is 19. The molecule has 0 saturated heterocycles. The zero-order chi connectivity index (χ0) is 21.4. The van der Waals surface area contributed by atoms with E-state index >= 15 is 0 Å². The summed E-state index contributed by atoms with van der Waals surface area (Å²) in [4.78, 5) is 0. The molecule has 2 nitrogen and oxygen atoms in total. The van der Waals surface area contributed by atoms with Crippen LogP contribution in [0.5, 0.6) is 0 Å². The lowest BCUT2D eigenvalue weighted by atomic mass is 10.1. The minimum atomic E-state index is -1.04. The summed E-state index contributed by atoms with van der Waals surface area (Å²) < 4.78 is 11.8. The highest BCUT2D eigenvalue weighted by Crippen LogP contribution is 2.46. The van der Waals surface area contributed by atoms with Crippen molar-refractivity contribution >= 4 is 59.3 Å². The Balaban J connectivity index is 3.97. The molecular formula is C20H46O2S4Si2. The van der Waals surface area contributed by atoms with E-state index in [0.717, 1.165) is 22.9 Å². The predicted octanol–water partition coefficient (Wildman–Crippen LogP) is 8.06. The summed E-state index contributed by atoms with van der Waals surface area (Å²) in [5, 5.41) is 0. The van der Waals surface area contributed by atoms with Crippen LogP contribution in [0.2, 0.25) is 23.2 Å². The molecule has 0 saturated carbocycles. The maximum atomic E-state index is 5.89. The minimum absolute atomic E-state index is 0.752. The summed E-state index contributed by atoms with van der Waals surface area (Å²) in [6.07, 6.45) is 5.24. The third-order valence-electron chi connectivity index (χ3n) is 6.04. The second kappa shape index (κ2) is 19.4. The minimum Gasteiger partial charge on any atom is -0.423 e. The van der Waals surface area contributed by atoms with Crippen LogP contribution in [0.4, 0.5) is 0 Å². The molecule has 0 N–H and O–H groups in total. The first-order chi connectivity index (χ1) is 13.4. The molecule has 0 aliphatic heterocycles. The van der Waals surface area contributed by atoms with E-state index in [0.29, 0.717) is 0 Å². The fourth-order valence-electron chi connectivity index (χ4n) is 3.35. The highest BCUT2D eigenvalue weighted by atomic mass is 33.7. The maximum absolute atomic E-state index is 5.89. The summed E-state index contributed by atoms with van der Waals surface area (Å²) in [5.41, 5.74) is 1.53. The van der Waals surface area contributed by atoms with Gasteiger partial charge in [-0.3, -0.25) is 0 Å². The van der Waals surface area contributed by atoms with Crippen molar-refractivity contribution < 1.29 is 8.85 Å². The van der Waals surface area contributed by atoms with Crippen LogP contribution in [0.3, 0.4) is 0 Å². The topological polar surface area (TPSA) is 18.5 Å². The lowest BCUT2D eigenvalue weighted by molar-refractivity contribution is 0.391. The number of hydrogen-bond donors (Lipinski definition) is 0. The van der Waals surface area contributed by atoms with Gasteiger partial charge in [0.2, 0.25) is 0 Å². The SMILES string of the molecule is CCCC[SiH](OC)C(C)C(C)CSSSSCC(C)C(C)[SiH](CCCC)OC. The molecular weight excluding hydrogens is 457 g/mol. The molecule has 0 amide bonds. The fourth-order valence-corrected chi connectivity index (χ4v) is 16.4. The molecule has 0 aromatic carbocycles. The van der Waals surface area contributed by atoms with Crippen LogP contribution in [0, 0.1) is 11.8 Å². The van der Waals surface area contributed by atoms with Gasteiger partial charge in [0.25, 0.3) is 0 Å². The molecule has 28 heavy (non-hydrogen) atoms. The van der Waals surface area contributed by atoms with Crippen LogP contribution in [-0.4, -0.2) is 43.8 Å². The van der Waals surface area contributed by atoms with E-state index in [-0.39, 0.29) is 0 Å². The zero-order valence-electron chi connectivity index (χ0n) is 19.6. The van der Waals surface area contributed by atoms with Gasteiger partial charge in [-0.05, 0) is 54.7 Å². The predicted molar refractivity (Wildman–Crippen MR) is 145 cm³/mol. The van der Waals surface area contributed by atoms with Gasteiger partial charge in [0.05, 0.1) is 0 Å². The lowest BCUT2D eigenvalue weighted by Crippen LogP contribution is -2.27. The van der Waals surface area contributed by atoms with Crippen LogP contribution >= 0.6 is 41.2 Å². The Labute approximate surface area is 195 Å². The van der Waals surface area contributed by atoms with E-state index < -0.39 is 18.1 Å². The summed E-state index contributed by atoms with van der Waals surface area (Å²) >= 11 is 0. The van der Waals surface area contributed by atoms with Gasteiger partial charge in [0.1, 0.15) is 0 Å². The highest BCUT2D eigenvalue weighted by Gasteiger charge is 2.25. The van der Waals surface area contributed by atoms with Gasteiger partial charge in [0, 0.05) is 25.7 Å². The summed E-state index contributed by atoms with van der Waals surface area (Å²) in [7, 11) is 9.80. The van der Waals surface area contributed by atoms with Crippen molar-refractivity contribution in [3.8, 4) is 0 Å². The molecule has 6 unspecified atom stereocenters. The first kappa shape index (κ1) is 29.8. The molecule has 0 heterocycles. The Kier molecular flexibility index (Phi) is 20.7. The van der Waals surface area contributed by atoms with Crippen molar-refractivity contribution in [3.05, 3.63) is 0 Å². The fraction of sp³-hybridized carbons (Fsp3) is 1.00. The lowest BCUT2D eigenvalue weighted by Gasteiger charge is -2.26. The Morgan fingerprint density at radius 1 is 0.679 bits per heavy atom. The van der Waals surface area contributed by atoms with Gasteiger partial charge in [-0.15, -0.1) is 0 Å². The average molecular weight is 503 g/mol. The van der Waals surface area contributed by atoms with Crippen LogP contribution in [-0.2, 0) is 8.85 Å². The largest absolute Gasteiger partial charge is 0.423 e. The van der Waals surface area contributed by atoms with Crippen LogP contribution in [0.15, 0.2) is 0 Å². The summed E-state index contributed by atoms with van der Waals surface area (Å²) in [6, 6.07) is 2.67. The van der Waals surface area contributed by atoms with Crippen molar-refractivity contribution in [1.29, 1.82) is 0 Å². The molecule has 0 aliphatic rings. The summed E-state index contributed by atoms with van der Waals surface area (Å²) in [6.45, 7) is 14.2. The molecule has 0 radical (unpaired) electrons. The van der Waals surface area contributed by atoms with E-state index in [1.54, 1.807) is 0 Å². The van der Waals surface area contributed by atoms with Crippen LogP contribution < -0.4 is 0 Å². The molecule has 0 bridgehead atoms. The third-order valence-corrected chi connectivity index (χ3v) is 19.7. The van der Waals surface area contributed by atoms with E-state index in [1.807, 2.05) is 55.5 Å².